The first-order chi connectivity index (χ1) is 10.4. The fourth-order valence-electron chi connectivity index (χ4n) is 2.19. The lowest BCUT2D eigenvalue weighted by Crippen LogP contribution is -2.42. The first-order valence-electron chi connectivity index (χ1n) is 6.72. The summed E-state index contributed by atoms with van der Waals surface area (Å²) in [5, 5.41) is 4.71. The number of carbonyl (C=O) groups is 2. The molecule has 1 fully saturated rings. The fourth-order valence-corrected chi connectivity index (χ4v) is 2.42. The number of benzene rings is 1. The highest BCUT2D eigenvalue weighted by atomic mass is 35.5. The van der Waals surface area contributed by atoms with E-state index in [1.807, 2.05) is 6.92 Å². The van der Waals surface area contributed by atoms with Crippen molar-refractivity contribution in [2.45, 2.75) is 19.4 Å². The van der Waals surface area contributed by atoms with Gasteiger partial charge in [0.2, 0.25) is 11.8 Å². The van der Waals surface area contributed by atoms with Crippen LogP contribution >= 0.6 is 11.6 Å². The second-order valence-corrected chi connectivity index (χ2v) is 5.36. The third-order valence-corrected chi connectivity index (χ3v) is 3.64. The van der Waals surface area contributed by atoms with E-state index in [4.69, 9.17) is 21.1 Å². The number of halogens is 1. The number of hydrogen-bond acceptors (Lipinski definition) is 5. The molecule has 0 radical (unpaired) electrons. The van der Waals surface area contributed by atoms with Gasteiger partial charge in [-0.1, -0.05) is 11.6 Å². The molecule has 2 amide bonds. The predicted octanol–water partition coefficient (Wildman–Crippen LogP) is 1.42. The van der Waals surface area contributed by atoms with Crippen molar-refractivity contribution >= 4 is 29.1 Å². The number of hydrogen-bond donors (Lipinski definition) is 2. The van der Waals surface area contributed by atoms with Crippen LogP contribution in [0, 0.1) is 0 Å². The summed E-state index contributed by atoms with van der Waals surface area (Å²) in [5.41, 5.74) is 3.09. The van der Waals surface area contributed by atoms with Gasteiger partial charge in [-0.3, -0.25) is 15.0 Å². The highest BCUT2D eigenvalue weighted by molar-refractivity contribution is 6.32. The number of ether oxygens (including phenoxy) is 2. The fraction of sp³-hybridized carbons (Fsp3) is 0.429. The summed E-state index contributed by atoms with van der Waals surface area (Å²) in [6.45, 7) is 1.91. The van der Waals surface area contributed by atoms with Crippen LogP contribution in [0.15, 0.2) is 12.1 Å². The van der Waals surface area contributed by atoms with E-state index in [1.165, 1.54) is 14.2 Å². The van der Waals surface area contributed by atoms with Crippen molar-refractivity contribution in [3.63, 3.8) is 0 Å². The van der Waals surface area contributed by atoms with Crippen LogP contribution in [-0.2, 0) is 9.59 Å². The standard InChI is InChI=1S/C14H18ClN3O4/c1-8-4-13(19)17-18(8)7-14(20)16-10-6-11(21-2)9(15)5-12(10)22-3/h5-6,8H,4,7H2,1-3H3,(H,16,20)(H,17,19)/t8-/m0/s1. The van der Waals surface area contributed by atoms with Gasteiger partial charge in [0, 0.05) is 24.6 Å². The first-order valence-corrected chi connectivity index (χ1v) is 7.10. The average Bonchev–Trinajstić information content (AvgIpc) is 2.78. The number of rotatable bonds is 5. The van der Waals surface area contributed by atoms with Crippen LogP contribution < -0.4 is 20.2 Å². The Balaban J connectivity index is 2.09. The molecule has 2 rings (SSSR count). The van der Waals surface area contributed by atoms with Gasteiger partial charge in [0.25, 0.3) is 0 Å². The molecule has 2 N–H and O–H groups in total. The lowest BCUT2D eigenvalue weighted by Gasteiger charge is -2.20. The summed E-state index contributed by atoms with van der Waals surface area (Å²) >= 11 is 6.02. The van der Waals surface area contributed by atoms with Crippen molar-refractivity contribution in [3.8, 4) is 11.5 Å². The summed E-state index contributed by atoms with van der Waals surface area (Å²) in [5.74, 6) is 0.487. The molecule has 0 aliphatic carbocycles. The number of carbonyl (C=O) groups excluding carboxylic acids is 2. The molecule has 0 aromatic heterocycles. The van der Waals surface area contributed by atoms with E-state index in [2.05, 4.69) is 10.7 Å². The molecule has 1 aliphatic rings. The second-order valence-electron chi connectivity index (χ2n) is 4.95. The number of hydrazine groups is 1. The molecule has 1 aliphatic heterocycles. The Kier molecular flexibility index (Phi) is 5.10. The van der Waals surface area contributed by atoms with Crippen LogP contribution in [0.5, 0.6) is 11.5 Å². The lowest BCUT2D eigenvalue weighted by molar-refractivity contribution is -0.122. The zero-order chi connectivity index (χ0) is 16.3. The molecule has 1 saturated heterocycles. The molecule has 1 aromatic carbocycles. The third-order valence-electron chi connectivity index (χ3n) is 3.34. The molecule has 120 valence electrons. The number of nitrogens with zero attached hydrogens (tertiary/aromatic N) is 1. The predicted molar refractivity (Wildman–Crippen MR) is 82.1 cm³/mol. The smallest absolute Gasteiger partial charge is 0.240 e. The van der Waals surface area contributed by atoms with Crippen LogP contribution in [0.1, 0.15) is 13.3 Å². The molecular formula is C14H18ClN3O4. The molecule has 1 heterocycles. The maximum absolute atomic E-state index is 12.1. The average molecular weight is 328 g/mol. The van der Waals surface area contributed by atoms with Gasteiger partial charge in [-0.15, -0.1) is 0 Å². The van der Waals surface area contributed by atoms with Gasteiger partial charge in [-0.2, -0.15) is 0 Å². The van der Waals surface area contributed by atoms with Gasteiger partial charge in [0.05, 0.1) is 31.5 Å². The summed E-state index contributed by atoms with van der Waals surface area (Å²) < 4.78 is 10.3. The van der Waals surface area contributed by atoms with Crippen molar-refractivity contribution < 1.29 is 19.1 Å². The minimum Gasteiger partial charge on any atom is -0.495 e. The van der Waals surface area contributed by atoms with E-state index in [-0.39, 0.29) is 24.4 Å². The van der Waals surface area contributed by atoms with E-state index < -0.39 is 0 Å². The summed E-state index contributed by atoms with van der Waals surface area (Å²) in [6, 6.07) is 3.13. The van der Waals surface area contributed by atoms with E-state index in [0.717, 1.165) is 0 Å². The van der Waals surface area contributed by atoms with E-state index in [1.54, 1.807) is 17.1 Å². The van der Waals surface area contributed by atoms with Crippen LogP contribution in [0.25, 0.3) is 0 Å². The number of methoxy groups -OCH3 is 2. The number of amides is 2. The van der Waals surface area contributed by atoms with Gasteiger partial charge in [0.1, 0.15) is 11.5 Å². The summed E-state index contributed by atoms with van der Waals surface area (Å²) in [4.78, 5) is 23.4. The largest absolute Gasteiger partial charge is 0.495 e. The maximum Gasteiger partial charge on any atom is 0.240 e. The topological polar surface area (TPSA) is 79.9 Å². The van der Waals surface area contributed by atoms with Crippen molar-refractivity contribution in [2.75, 3.05) is 26.1 Å². The van der Waals surface area contributed by atoms with Crippen LogP contribution in [-0.4, -0.2) is 43.6 Å². The first kappa shape index (κ1) is 16.4. The van der Waals surface area contributed by atoms with Crippen LogP contribution in [0.2, 0.25) is 5.02 Å². The Morgan fingerprint density at radius 2 is 2.09 bits per heavy atom. The molecule has 8 heteroatoms. The van der Waals surface area contributed by atoms with Gasteiger partial charge in [-0.05, 0) is 6.92 Å². The Morgan fingerprint density at radius 3 is 2.64 bits per heavy atom. The molecule has 1 atom stereocenters. The minimum atomic E-state index is -0.281. The monoisotopic (exact) mass is 327 g/mol. The van der Waals surface area contributed by atoms with Crippen molar-refractivity contribution in [2.24, 2.45) is 0 Å². The zero-order valence-corrected chi connectivity index (χ0v) is 13.4. The van der Waals surface area contributed by atoms with E-state index in [9.17, 15) is 9.59 Å². The molecule has 22 heavy (non-hydrogen) atoms. The SMILES string of the molecule is COc1cc(NC(=O)CN2NC(=O)C[C@@H]2C)c(OC)cc1Cl. The quantitative estimate of drug-likeness (QED) is 0.855. The number of anilines is 1. The molecule has 7 nitrogen and oxygen atoms in total. The van der Waals surface area contributed by atoms with Gasteiger partial charge >= 0.3 is 0 Å². The lowest BCUT2D eigenvalue weighted by atomic mass is 10.2. The maximum atomic E-state index is 12.1. The van der Waals surface area contributed by atoms with Gasteiger partial charge < -0.3 is 14.8 Å². The van der Waals surface area contributed by atoms with Crippen molar-refractivity contribution in [1.82, 2.24) is 10.4 Å². The van der Waals surface area contributed by atoms with Gasteiger partial charge in [0.15, 0.2) is 0 Å². The molecule has 0 unspecified atom stereocenters. The number of nitrogens with one attached hydrogen (secondary N) is 2. The normalized spacial score (nSPS) is 18.0. The van der Waals surface area contributed by atoms with Gasteiger partial charge in [-0.25, -0.2) is 5.01 Å². The summed E-state index contributed by atoms with van der Waals surface area (Å²) in [7, 11) is 2.97. The molecule has 0 spiro atoms. The van der Waals surface area contributed by atoms with Crippen molar-refractivity contribution in [3.05, 3.63) is 17.2 Å². The highest BCUT2D eigenvalue weighted by Crippen LogP contribution is 2.35. The van der Waals surface area contributed by atoms with Crippen LogP contribution in [0.3, 0.4) is 0 Å². The minimum absolute atomic E-state index is 0.0279. The molecular weight excluding hydrogens is 310 g/mol. The Bertz CT molecular complexity index is 594. The molecule has 1 aromatic rings. The zero-order valence-electron chi connectivity index (χ0n) is 12.6. The van der Waals surface area contributed by atoms with Crippen molar-refractivity contribution in [1.29, 1.82) is 0 Å². The Morgan fingerprint density at radius 1 is 1.41 bits per heavy atom. The van der Waals surface area contributed by atoms with E-state index >= 15 is 0 Å². The van der Waals surface area contributed by atoms with E-state index in [0.29, 0.717) is 28.6 Å². The Hall–Kier alpha value is -1.99. The highest BCUT2D eigenvalue weighted by Gasteiger charge is 2.28. The summed E-state index contributed by atoms with van der Waals surface area (Å²) in [6.07, 6.45) is 0.380. The molecule has 0 bridgehead atoms. The third kappa shape index (κ3) is 3.61. The van der Waals surface area contributed by atoms with Crippen LogP contribution in [0.4, 0.5) is 5.69 Å². The Labute approximate surface area is 133 Å². The second kappa shape index (κ2) is 6.85. The molecule has 0 saturated carbocycles.